The number of para-hydroxylation sites is 1. The second-order valence-corrected chi connectivity index (χ2v) is 5.57. The third kappa shape index (κ3) is 3.67. The molecular weight excluding hydrogens is 341 g/mol. The molecule has 5 heteroatoms. The van der Waals surface area contributed by atoms with Gasteiger partial charge in [0.1, 0.15) is 12.4 Å². The Morgan fingerprint density at radius 1 is 0.769 bits per heavy atom. The summed E-state index contributed by atoms with van der Waals surface area (Å²) in [7, 11) is 0. The third-order valence-corrected chi connectivity index (χ3v) is 3.82. The van der Waals surface area contributed by atoms with Gasteiger partial charge in [-0.2, -0.15) is 4.39 Å². The maximum absolute atomic E-state index is 14.5. The van der Waals surface area contributed by atoms with Crippen LogP contribution >= 0.6 is 0 Å². The van der Waals surface area contributed by atoms with Crippen molar-refractivity contribution in [3.05, 3.63) is 83.7 Å². The summed E-state index contributed by atoms with van der Waals surface area (Å²) in [5.74, 6) is -3.86. The molecule has 0 saturated carbocycles. The van der Waals surface area contributed by atoms with Crippen LogP contribution in [-0.4, -0.2) is 6.61 Å². The van der Waals surface area contributed by atoms with Crippen molar-refractivity contribution in [1.82, 2.24) is 0 Å². The minimum atomic E-state index is -1.35. The van der Waals surface area contributed by atoms with Crippen molar-refractivity contribution in [2.75, 3.05) is 6.61 Å². The lowest BCUT2D eigenvalue weighted by Gasteiger charge is -2.14. The number of rotatable bonds is 6. The Morgan fingerprint density at radius 3 is 2.19 bits per heavy atom. The Hall–Kier alpha value is -2.95. The van der Waals surface area contributed by atoms with Crippen molar-refractivity contribution in [2.45, 2.75) is 13.5 Å². The summed E-state index contributed by atoms with van der Waals surface area (Å²) in [6, 6.07) is 16.9. The number of benzene rings is 3. The zero-order valence-electron chi connectivity index (χ0n) is 14.1. The molecule has 0 fully saturated rings. The van der Waals surface area contributed by atoms with E-state index in [1.165, 1.54) is 0 Å². The van der Waals surface area contributed by atoms with Gasteiger partial charge in [0.05, 0.1) is 6.61 Å². The molecule has 0 radical (unpaired) electrons. The SMILES string of the molecule is CCOc1c(F)cc(-c2ccccc2OCc2ccccc2)c(F)c1F. The molecule has 3 aromatic rings. The molecule has 0 aliphatic carbocycles. The molecule has 0 spiro atoms. The van der Waals surface area contributed by atoms with Crippen LogP contribution in [0.1, 0.15) is 12.5 Å². The molecule has 0 aliphatic heterocycles. The van der Waals surface area contributed by atoms with E-state index in [0.29, 0.717) is 5.75 Å². The molecule has 0 N–H and O–H groups in total. The summed E-state index contributed by atoms with van der Waals surface area (Å²) in [6.45, 7) is 1.85. The van der Waals surface area contributed by atoms with E-state index in [9.17, 15) is 13.2 Å². The average Bonchev–Trinajstić information content (AvgIpc) is 2.67. The van der Waals surface area contributed by atoms with Crippen LogP contribution in [0.25, 0.3) is 11.1 Å². The fourth-order valence-corrected chi connectivity index (χ4v) is 2.60. The van der Waals surface area contributed by atoms with Crippen molar-refractivity contribution in [3.63, 3.8) is 0 Å². The zero-order valence-corrected chi connectivity index (χ0v) is 14.1. The largest absolute Gasteiger partial charge is 0.488 e. The molecular formula is C21H17F3O2. The second-order valence-electron chi connectivity index (χ2n) is 5.57. The highest BCUT2D eigenvalue weighted by atomic mass is 19.2. The molecule has 0 aliphatic rings. The fraction of sp³-hybridized carbons (Fsp3) is 0.143. The number of hydrogen-bond donors (Lipinski definition) is 0. The van der Waals surface area contributed by atoms with Crippen molar-refractivity contribution in [1.29, 1.82) is 0 Å². The van der Waals surface area contributed by atoms with Gasteiger partial charge in [-0.3, -0.25) is 0 Å². The quantitative estimate of drug-likeness (QED) is 0.523. The van der Waals surface area contributed by atoms with Gasteiger partial charge in [0.15, 0.2) is 17.4 Å². The standard InChI is InChI=1S/C21H17F3O2/c1-2-25-21-17(22)12-16(19(23)20(21)24)15-10-6-7-11-18(15)26-13-14-8-4-3-5-9-14/h3-12H,2,13H2,1H3. The minimum Gasteiger partial charge on any atom is -0.488 e. The average molecular weight is 358 g/mol. The number of hydrogen-bond acceptors (Lipinski definition) is 2. The summed E-state index contributed by atoms with van der Waals surface area (Å²) < 4.78 is 53.5. The summed E-state index contributed by atoms with van der Waals surface area (Å²) in [5, 5.41) is 0. The highest BCUT2D eigenvalue weighted by Gasteiger charge is 2.22. The van der Waals surface area contributed by atoms with Gasteiger partial charge in [-0.15, -0.1) is 0 Å². The molecule has 0 saturated heterocycles. The van der Waals surface area contributed by atoms with E-state index in [1.807, 2.05) is 30.3 Å². The van der Waals surface area contributed by atoms with Gasteiger partial charge in [0.25, 0.3) is 0 Å². The van der Waals surface area contributed by atoms with Gasteiger partial charge < -0.3 is 9.47 Å². The normalized spacial score (nSPS) is 10.6. The lowest BCUT2D eigenvalue weighted by molar-refractivity contribution is 0.295. The van der Waals surface area contributed by atoms with Crippen LogP contribution in [-0.2, 0) is 6.61 Å². The van der Waals surface area contributed by atoms with Crippen molar-refractivity contribution >= 4 is 0 Å². The first kappa shape index (κ1) is 17.9. The van der Waals surface area contributed by atoms with Gasteiger partial charge >= 0.3 is 0 Å². The zero-order chi connectivity index (χ0) is 18.5. The molecule has 2 nitrogen and oxygen atoms in total. The number of halogens is 3. The molecule has 0 bridgehead atoms. The first-order chi connectivity index (χ1) is 12.6. The monoisotopic (exact) mass is 358 g/mol. The van der Waals surface area contributed by atoms with E-state index in [4.69, 9.17) is 9.47 Å². The van der Waals surface area contributed by atoms with Crippen LogP contribution in [0.5, 0.6) is 11.5 Å². The van der Waals surface area contributed by atoms with Crippen molar-refractivity contribution in [2.24, 2.45) is 0 Å². The van der Waals surface area contributed by atoms with Crippen LogP contribution in [0, 0.1) is 17.5 Å². The van der Waals surface area contributed by atoms with Gasteiger partial charge in [0, 0.05) is 11.1 Å². The van der Waals surface area contributed by atoms with Gasteiger partial charge in [-0.25, -0.2) is 8.78 Å². The lowest BCUT2D eigenvalue weighted by atomic mass is 10.0. The van der Waals surface area contributed by atoms with E-state index in [-0.39, 0.29) is 24.3 Å². The van der Waals surface area contributed by atoms with Crippen LogP contribution in [0.15, 0.2) is 60.7 Å². The smallest absolute Gasteiger partial charge is 0.204 e. The molecule has 0 atom stereocenters. The molecule has 134 valence electrons. The van der Waals surface area contributed by atoms with Gasteiger partial charge in [0.2, 0.25) is 5.82 Å². The molecule has 0 unspecified atom stereocenters. The predicted octanol–water partition coefficient (Wildman–Crippen LogP) is 5.75. The Bertz CT molecular complexity index is 895. The van der Waals surface area contributed by atoms with E-state index < -0.39 is 23.2 Å². The van der Waals surface area contributed by atoms with Crippen LogP contribution in [0.2, 0.25) is 0 Å². The van der Waals surface area contributed by atoms with Crippen molar-refractivity contribution < 1.29 is 22.6 Å². The topological polar surface area (TPSA) is 18.5 Å². The second kappa shape index (κ2) is 7.95. The number of ether oxygens (including phenoxy) is 2. The first-order valence-corrected chi connectivity index (χ1v) is 8.18. The molecule has 3 rings (SSSR count). The van der Waals surface area contributed by atoms with Crippen LogP contribution in [0.4, 0.5) is 13.2 Å². The third-order valence-electron chi connectivity index (χ3n) is 3.82. The van der Waals surface area contributed by atoms with E-state index in [0.717, 1.165) is 11.6 Å². The highest BCUT2D eigenvalue weighted by Crippen LogP contribution is 2.37. The summed E-state index contributed by atoms with van der Waals surface area (Å²) >= 11 is 0. The van der Waals surface area contributed by atoms with Crippen molar-refractivity contribution in [3.8, 4) is 22.6 Å². The maximum Gasteiger partial charge on any atom is 0.204 e. The Balaban J connectivity index is 1.97. The molecule has 26 heavy (non-hydrogen) atoms. The van der Waals surface area contributed by atoms with Gasteiger partial charge in [-0.1, -0.05) is 48.5 Å². The van der Waals surface area contributed by atoms with Crippen LogP contribution in [0.3, 0.4) is 0 Å². The Labute approximate surface area is 149 Å². The molecule has 0 amide bonds. The Morgan fingerprint density at radius 2 is 1.46 bits per heavy atom. The van der Waals surface area contributed by atoms with Crippen LogP contribution < -0.4 is 9.47 Å². The highest BCUT2D eigenvalue weighted by molar-refractivity contribution is 5.72. The maximum atomic E-state index is 14.5. The predicted molar refractivity (Wildman–Crippen MR) is 93.7 cm³/mol. The molecule has 0 aromatic heterocycles. The summed E-state index contributed by atoms with van der Waals surface area (Å²) in [6.07, 6.45) is 0. The van der Waals surface area contributed by atoms with E-state index >= 15 is 0 Å². The Kier molecular flexibility index (Phi) is 5.46. The van der Waals surface area contributed by atoms with E-state index in [2.05, 4.69) is 0 Å². The molecule has 0 heterocycles. The molecule has 3 aromatic carbocycles. The summed E-state index contributed by atoms with van der Waals surface area (Å²) in [5.41, 5.74) is 0.973. The lowest BCUT2D eigenvalue weighted by Crippen LogP contribution is -2.03. The fourth-order valence-electron chi connectivity index (χ4n) is 2.60. The first-order valence-electron chi connectivity index (χ1n) is 8.18. The van der Waals surface area contributed by atoms with E-state index in [1.54, 1.807) is 31.2 Å². The summed E-state index contributed by atoms with van der Waals surface area (Å²) in [4.78, 5) is 0. The minimum absolute atomic E-state index is 0.0312. The van der Waals surface area contributed by atoms with Gasteiger partial charge in [-0.05, 0) is 24.6 Å².